The van der Waals surface area contributed by atoms with Crippen LogP contribution in [0.15, 0.2) is 17.0 Å². The first-order valence-corrected chi connectivity index (χ1v) is 8.63. The van der Waals surface area contributed by atoms with E-state index < -0.39 is 12.0 Å². The Morgan fingerprint density at radius 1 is 1.38 bits per heavy atom. The van der Waals surface area contributed by atoms with Crippen LogP contribution in [0.2, 0.25) is 0 Å². The minimum absolute atomic E-state index is 0.0981. The molecule has 4 rings (SSSR count). The lowest BCUT2D eigenvalue weighted by Crippen LogP contribution is -2.58. The number of rotatable bonds is 1. The van der Waals surface area contributed by atoms with Crippen molar-refractivity contribution >= 4 is 33.2 Å². The predicted octanol–water partition coefficient (Wildman–Crippen LogP) is 2.58. The van der Waals surface area contributed by atoms with Gasteiger partial charge in [-0.05, 0) is 28.8 Å². The van der Waals surface area contributed by atoms with Crippen LogP contribution in [0.3, 0.4) is 0 Å². The zero-order valence-electron chi connectivity index (χ0n) is 12.8. The van der Waals surface area contributed by atoms with Gasteiger partial charge < -0.3 is 10.6 Å². The molecule has 6 nitrogen and oxygen atoms in total. The Kier molecular flexibility index (Phi) is 3.52. The monoisotopic (exact) mass is 399 g/mol. The van der Waals surface area contributed by atoms with E-state index in [9.17, 15) is 13.6 Å². The first-order valence-electron chi connectivity index (χ1n) is 7.83. The molecular formula is C15H16BrF2N5O. The molecule has 2 atom stereocenters. The number of aromatic nitrogens is 3. The van der Waals surface area contributed by atoms with E-state index >= 15 is 0 Å². The summed E-state index contributed by atoms with van der Waals surface area (Å²) in [5.74, 6) is -2.05. The van der Waals surface area contributed by atoms with E-state index in [2.05, 4.69) is 25.9 Å². The molecular weight excluding hydrogens is 384 g/mol. The van der Waals surface area contributed by atoms with Gasteiger partial charge in [0.2, 0.25) is 5.91 Å². The van der Waals surface area contributed by atoms with Gasteiger partial charge in [0.15, 0.2) is 5.82 Å². The van der Waals surface area contributed by atoms with Gasteiger partial charge in [0.25, 0.3) is 5.92 Å². The maximum atomic E-state index is 14.1. The zero-order chi connectivity index (χ0) is 17.1. The lowest BCUT2D eigenvalue weighted by molar-refractivity contribution is -0.166. The number of carbonyl (C=O) groups excluding carboxylic acids is 1. The van der Waals surface area contributed by atoms with Crippen LogP contribution in [0, 0.1) is 0 Å². The number of hydrogen-bond donors (Lipinski definition) is 1. The van der Waals surface area contributed by atoms with Crippen molar-refractivity contribution in [3.8, 4) is 0 Å². The van der Waals surface area contributed by atoms with E-state index in [-0.39, 0.29) is 37.6 Å². The molecule has 0 aromatic carbocycles. The fraction of sp³-hybridized carbons (Fsp3) is 0.533. The van der Waals surface area contributed by atoms with Crippen LogP contribution in [0.25, 0.3) is 5.52 Å². The summed E-state index contributed by atoms with van der Waals surface area (Å²) in [7, 11) is 0. The number of fused-ring (bicyclic) bond motifs is 2. The molecule has 0 bridgehead atoms. The largest absolute Gasteiger partial charge is 0.382 e. The topological polar surface area (TPSA) is 76.5 Å². The highest BCUT2D eigenvalue weighted by molar-refractivity contribution is 9.10. The number of nitrogens with zero attached hydrogens (tertiary/aromatic N) is 4. The summed E-state index contributed by atoms with van der Waals surface area (Å²) in [4.78, 5) is 22.0. The third-order valence-corrected chi connectivity index (χ3v) is 5.55. The van der Waals surface area contributed by atoms with Gasteiger partial charge in [0.1, 0.15) is 15.9 Å². The molecule has 0 spiro atoms. The maximum Gasteiger partial charge on any atom is 0.268 e. The van der Waals surface area contributed by atoms with Crippen molar-refractivity contribution in [3.05, 3.63) is 22.8 Å². The summed E-state index contributed by atoms with van der Waals surface area (Å²) < 4.78 is 30.6. The molecule has 2 saturated heterocycles. The molecule has 4 heterocycles. The number of hydrogen-bond acceptors (Lipinski definition) is 4. The first-order chi connectivity index (χ1) is 11.4. The Hall–Kier alpha value is -1.77. The van der Waals surface area contributed by atoms with Gasteiger partial charge in [-0.15, -0.1) is 0 Å². The smallest absolute Gasteiger partial charge is 0.268 e. The Morgan fingerprint density at radius 2 is 2.17 bits per heavy atom. The van der Waals surface area contributed by atoms with Crippen molar-refractivity contribution in [1.29, 1.82) is 0 Å². The average molecular weight is 400 g/mol. The minimum Gasteiger partial charge on any atom is -0.382 e. The van der Waals surface area contributed by atoms with Crippen LogP contribution in [0.1, 0.15) is 37.4 Å². The number of anilines is 1. The van der Waals surface area contributed by atoms with Crippen molar-refractivity contribution in [3.63, 3.8) is 0 Å². The summed E-state index contributed by atoms with van der Waals surface area (Å²) in [6, 6.07) is -0.989. The van der Waals surface area contributed by atoms with Gasteiger partial charge in [-0.1, -0.05) is 0 Å². The quantitative estimate of drug-likeness (QED) is 0.799. The molecule has 1 amide bonds. The van der Waals surface area contributed by atoms with Crippen molar-refractivity contribution in [2.45, 2.75) is 43.6 Å². The Balaban J connectivity index is 1.70. The summed E-state index contributed by atoms with van der Waals surface area (Å²) in [6.07, 6.45) is 3.70. The molecule has 2 aromatic heterocycles. The van der Waals surface area contributed by atoms with Crippen LogP contribution in [-0.2, 0) is 4.79 Å². The molecule has 0 aliphatic carbocycles. The van der Waals surface area contributed by atoms with E-state index in [1.807, 2.05) is 4.40 Å². The highest BCUT2D eigenvalue weighted by atomic mass is 79.9. The van der Waals surface area contributed by atoms with Crippen LogP contribution < -0.4 is 5.73 Å². The summed E-state index contributed by atoms with van der Waals surface area (Å²) in [6.45, 7) is 0.257. The summed E-state index contributed by atoms with van der Waals surface area (Å²) in [5.41, 5.74) is 6.56. The Labute approximate surface area is 145 Å². The van der Waals surface area contributed by atoms with E-state index in [1.165, 1.54) is 4.90 Å². The number of alkyl halides is 2. The van der Waals surface area contributed by atoms with Crippen molar-refractivity contribution in [1.82, 2.24) is 19.3 Å². The normalized spacial score (nSPS) is 26.6. The summed E-state index contributed by atoms with van der Waals surface area (Å²) in [5, 5.41) is 0. The van der Waals surface area contributed by atoms with Gasteiger partial charge in [0, 0.05) is 37.7 Å². The molecule has 2 unspecified atom stereocenters. The molecule has 2 fully saturated rings. The Bertz CT molecular complexity index is 824. The third kappa shape index (κ3) is 2.28. The first kappa shape index (κ1) is 15.7. The number of halogens is 3. The highest BCUT2D eigenvalue weighted by Crippen LogP contribution is 2.42. The Morgan fingerprint density at radius 3 is 2.96 bits per heavy atom. The standard InChI is InChI=1S/C15H16BrF2N5O/c16-12-11-13(19)20-5-6-22(11)14(21-12)8-1-2-9-15(17,18)4-3-10(24)23(9)7-8/h5-6,8-9H,1-4,7H2,(H2,19,20). The molecule has 9 heteroatoms. The van der Waals surface area contributed by atoms with Gasteiger partial charge in [-0.25, -0.2) is 18.7 Å². The summed E-state index contributed by atoms with van der Waals surface area (Å²) >= 11 is 3.38. The van der Waals surface area contributed by atoms with Crippen LogP contribution in [0.4, 0.5) is 14.6 Å². The predicted molar refractivity (Wildman–Crippen MR) is 86.8 cm³/mol. The molecule has 2 aliphatic rings. The van der Waals surface area contributed by atoms with E-state index in [1.54, 1.807) is 12.4 Å². The zero-order valence-corrected chi connectivity index (χ0v) is 14.3. The number of piperidine rings is 2. The molecule has 2 aliphatic heterocycles. The second-order valence-electron chi connectivity index (χ2n) is 6.39. The molecule has 0 radical (unpaired) electrons. The second kappa shape index (κ2) is 5.37. The van der Waals surface area contributed by atoms with Crippen molar-refractivity contribution in [2.24, 2.45) is 0 Å². The van der Waals surface area contributed by atoms with Crippen LogP contribution in [-0.4, -0.2) is 43.7 Å². The molecule has 128 valence electrons. The van der Waals surface area contributed by atoms with Crippen LogP contribution in [0.5, 0.6) is 0 Å². The minimum atomic E-state index is -2.80. The SMILES string of the molecule is Nc1nccn2c(C3CCC4N(C3)C(=O)CCC4(F)F)nc(Br)c12. The lowest BCUT2D eigenvalue weighted by atomic mass is 9.84. The van der Waals surface area contributed by atoms with Gasteiger partial charge >= 0.3 is 0 Å². The second-order valence-corrected chi connectivity index (χ2v) is 7.14. The van der Waals surface area contributed by atoms with E-state index in [4.69, 9.17) is 5.73 Å². The van der Waals surface area contributed by atoms with Crippen molar-refractivity contribution < 1.29 is 13.6 Å². The lowest BCUT2D eigenvalue weighted by Gasteiger charge is -2.45. The molecule has 2 aromatic rings. The number of carbonyl (C=O) groups is 1. The van der Waals surface area contributed by atoms with Gasteiger partial charge in [-0.2, -0.15) is 0 Å². The highest BCUT2D eigenvalue weighted by Gasteiger charge is 2.51. The van der Waals surface area contributed by atoms with Crippen molar-refractivity contribution in [2.75, 3.05) is 12.3 Å². The average Bonchev–Trinajstić information content (AvgIpc) is 2.89. The number of amides is 1. The van der Waals surface area contributed by atoms with E-state index in [0.29, 0.717) is 28.2 Å². The maximum absolute atomic E-state index is 14.1. The number of nitrogens with two attached hydrogens (primary N) is 1. The van der Waals surface area contributed by atoms with Gasteiger partial charge in [-0.3, -0.25) is 9.20 Å². The number of imidazole rings is 1. The molecule has 0 saturated carbocycles. The fourth-order valence-electron chi connectivity index (χ4n) is 3.81. The van der Waals surface area contributed by atoms with E-state index in [0.717, 1.165) is 0 Å². The third-order valence-electron chi connectivity index (χ3n) is 4.99. The number of nitrogen functional groups attached to an aromatic ring is 1. The molecule has 24 heavy (non-hydrogen) atoms. The van der Waals surface area contributed by atoms with Crippen LogP contribution >= 0.6 is 15.9 Å². The van der Waals surface area contributed by atoms with Gasteiger partial charge in [0.05, 0.1) is 6.04 Å². The fourth-order valence-corrected chi connectivity index (χ4v) is 4.39. The molecule has 2 N–H and O–H groups in total.